The molecule has 0 N–H and O–H groups in total. The van der Waals surface area contributed by atoms with Crippen LogP contribution in [0.15, 0.2) is 66.9 Å². The summed E-state index contributed by atoms with van der Waals surface area (Å²) in [4.78, 5) is 21.0. The average Bonchev–Trinajstić information content (AvgIpc) is 3.26. The summed E-state index contributed by atoms with van der Waals surface area (Å²) in [5.41, 5.74) is 3.31. The number of benzene rings is 2. The predicted octanol–water partition coefficient (Wildman–Crippen LogP) is 5.88. The minimum atomic E-state index is -4.43. The minimum absolute atomic E-state index is 0.132. The number of alkyl halides is 3. The molecule has 0 aliphatic carbocycles. The van der Waals surface area contributed by atoms with E-state index in [1.165, 1.54) is 18.2 Å². The summed E-state index contributed by atoms with van der Waals surface area (Å²) in [6.07, 6.45) is -2.16. The summed E-state index contributed by atoms with van der Waals surface area (Å²) < 4.78 is 55.4. The zero-order valence-electron chi connectivity index (χ0n) is 20.3. The first-order valence-corrected chi connectivity index (χ1v) is 12.2. The van der Waals surface area contributed by atoms with Crippen molar-refractivity contribution in [1.29, 1.82) is 0 Å². The maximum Gasteiger partial charge on any atom is 0.416 e. The Balaban J connectivity index is 1.54. The van der Waals surface area contributed by atoms with Crippen LogP contribution in [0.2, 0.25) is 0 Å². The van der Waals surface area contributed by atoms with Gasteiger partial charge in [0.2, 0.25) is 5.91 Å². The molecular formula is C28H26F4N4O. The van der Waals surface area contributed by atoms with Crippen LogP contribution in [0.1, 0.15) is 24.6 Å². The molecule has 9 heteroatoms. The number of imidazole rings is 1. The van der Waals surface area contributed by atoms with Crippen molar-refractivity contribution >= 4 is 11.6 Å². The van der Waals surface area contributed by atoms with Crippen molar-refractivity contribution in [2.75, 3.05) is 26.2 Å². The summed E-state index contributed by atoms with van der Waals surface area (Å²) in [6.45, 7) is 5.01. The number of rotatable bonds is 5. The van der Waals surface area contributed by atoms with Crippen molar-refractivity contribution < 1.29 is 22.4 Å². The van der Waals surface area contributed by atoms with Crippen molar-refractivity contribution in [3.8, 4) is 22.4 Å². The van der Waals surface area contributed by atoms with Crippen molar-refractivity contribution in [2.24, 2.45) is 0 Å². The summed E-state index contributed by atoms with van der Waals surface area (Å²) in [5.74, 6) is -0.218. The van der Waals surface area contributed by atoms with Gasteiger partial charge in [-0.2, -0.15) is 13.2 Å². The number of nitrogens with zero attached hydrogens (tertiary/aromatic N) is 4. The van der Waals surface area contributed by atoms with Gasteiger partial charge in [0.15, 0.2) is 0 Å². The quantitative estimate of drug-likeness (QED) is 0.315. The van der Waals surface area contributed by atoms with Crippen molar-refractivity contribution in [3.05, 3.63) is 83.9 Å². The Morgan fingerprint density at radius 3 is 2.30 bits per heavy atom. The molecule has 3 heterocycles. The lowest BCUT2D eigenvalue weighted by Gasteiger charge is -2.34. The predicted molar refractivity (Wildman–Crippen MR) is 133 cm³/mol. The summed E-state index contributed by atoms with van der Waals surface area (Å²) in [7, 11) is 0. The Labute approximate surface area is 212 Å². The lowest BCUT2D eigenvalue weighted by molar-refractivity contribution is -0.137. The molecule has 1 aliphatic heterocycles. The molecule has 0 radical (unpaired) electrons. The molecule has 1 aliphatic rings. The molecule has 0 bridgehead atoms. The van der Waals surface area contributed by atoms with Gasteiger partial charge in [0.1, 0.15) is 11.5 Å². The van der Waals surface area contributed by atoms with E-state index in [4.69, 9.17) is 4.98 Å². The molecule has 4 aromatic rings. The zero-order chi connectivity index (χ0) is 26.2. The van der Waals surface area contributed by atoms with Gasteiger partial charge >= 0.3 is 6.18 Å². The third-order valence-corrected chi connectivity index (χ3v) is 6.76. The number of fused-ring (bicyclic) bond motifs is 1. The topological polar surface area (TPSA) is 40.9 Å². The Kier molecular flexibility index (Phi) is 6.72. The maximum absolute atomic E-state index is 13.6. The smallest absolute Gasteiger partial charge is 0.340 e. The molecule has 0 atom stereocenters. The van der Waals surface area contributed by atoms with Crippen LogP contribution in [0.5, 0.6) is 0 Å². The number of halogens is 4. The van der Waals surface area contributed by atoms with E-state index in [1.807, 2.05) is 16.2 Å². The highest BCUT2D eigenvalue weighted by Gasteiger charge is 2.30. The van der Waals surface area contributed by atoms with E-state index in [-0.39, 0.29) is 11.7 Å². The number of carbonyl (C=O) groups is 1. The Morgan fingerprint density at radius 1 is 0.919 bits per heavy atom. The van der Waals surface area contributed by atoms with Gasteiger partial charge in [-0.05, 0) is 59.7 Å². The number of carbonyl (C=O) groups excluding carboxylic acids is 1. The second-order valence-electron chi connectivity index (χ2n) is 9.15. The Hall–Kier alpha value is -3.72. The maximum atomic E-state index is 13.6. The first-order chi connectivity index (χ1) is 17.7. The first-order valence-electron chi connectivity index (χ1n) is 12.2. The van der Waals surface area contributed by atoms with Crippen LogP contribution in [0, 0.1) is 5.82 Å². The summed E-state index contributed by atoms with van der Waals surface area (Å²) in [6, 6.07) is 14.9. The van der Waals surface area contributed by atoms with Crippen LogP contribution in [-0.4, -0.2) is 51.3 Å². The van der Waals surface area contributed by atoms with Gasteiger partial charge in [0.05, 0.1) is 17.0 Å². The SMILES string of the molecule is CCC(=O)N1CCN(Cc2c(-c3ccc(F)cc3)nc3ccc(-c4cccc(C(F)(F)F)c4)cn23)CC1. The molecule has 1 fully saturated rings. The van der Waals surface area contributed by atoms with Crippen molar-refractivity contribution in [2.45, 2.75) is 26.1 Å². The highest BCUT2D eigenvalue weighted by molar-refractivity contribution is 5.76. The van der Waals surface area contributed by atoms with Gasteiger partial charge < -0.3 is 9.30 Å². The van der Waals surface area contributed by atoms with Gasteiger partial charge in [-0.3, -0.25) is 9.69 Å². The lowest BCUT2D eigenvalue weighted by atomic mass is 10.0. The van der Waals surface area contributed by atoms with Gasteiger partial charge in [0.25, 0.3) is 0 Å². The molecule has 5 nitrogen and oxygen atoms in total. The van der Waals surface area contributed by atoms with E-state index in [9.17, 15) is 22.4 Å². The molecule has 0 unspecified atom stereocenters. The largest absolute Gasteiger partial charge is 0.416 e. The molecule has 0 saturated carbocycles. The molecule has 1 amide bonds. The number of pyridine rings is 1. The molecular weight excluding hydrogens is 484 g/mol. The zero-order valence-corrected chi connectivity index (χ0v) is 20.3. The fourth-order valence-electron chi connectivity index (χ4n) is 4.72. The van der Waals surface area contributed by atoms with Gasteiger partial charge in [-0.1, -0.05) is 19.1 Å². The van der Waals surface area contributed by atoms with Crippen molar-refractivity contribution in [3.63, 3.8) is 0 Å². The van der Waals surface area contributed by atoms with Crippen LogP contribution in [0.4, 0.5) is 17.6 Å². The van der Waals surface area contributed by atoms with E-state index in [2.05, 4.69) is 4.90 Å². The minimum Gasteiger partial charge on any atom is -0.340 e. The highest BCUT2D eigenvalue weighted by Crippen LogP contribution is 2.33. The lowest BCUT2D eigenvalue weighted by Crippen LogP contribution is -2.48. The fourth-order valence-corrected chi connectivity index (χ4v) is 4.72. The molecule has 37 heavy (non-hydrogen) atoms. The van der Waals surface area contributed by atoms with Crippen LogP contribution in [0.25, 0.3) is 28.0 Å². The van der Waals surface area contributed by atoms with E-state index >= 15 is 0 Å². The molecule has 2 aromatic heterocycles. The van der Waals surface area contributed by atoms with Crippen LogP contribution in [0.3, 0.4) is 0 Å². The molecule has 192 valence electrons. The molecule has 5 rings (SSSR count). The van der Waals surface area contributed by atoms with E-state index in [1.54, 1.807) is 36.5 Å². The third kappa shape index (κ3) is 5.22. The van der Waals surface area contributed by atoms with Crippen LogP contribution in [-0.2, 0) is 17.5 Å². The second-order valence-corrected chi connectivity index (χ2v) is 9.15. The van der Waals surface area contributed by atoms with Crippen LogP contribution < -0.4 is 0 Å². The molecule has 1 saturated heterocycles. The summed E-state index contributed by atoms with van der Waals surface area (Å²) >= 11 is 0. The number of hydrogen-bond donors (Lipinski definition) is 0. The number of hydrogen-bond acceptors (Lipinski definition) is 3. The first kappa shape index (κ1) is 25.0. The Morgan fingerprint density at radius 2 is 1.62 bits per heavy atom. The van der Waals surface area contributed by atoms with E-state index < -0.39 is 11.7 Å². The average molecular weight is 511 g/mol. The van der Waals surface area contributed by atoms with Crippen molar-refractivity contribution in [1.82, 2.24) is 19.2 Å². The van der Waals surface area contributed by atoms with Gasteiger partial charge in [0, 0.05) is 50.9 Å². The number of piperazine rings is 1. The standard InChI is InChI=1S/C28H26F4N4O/c1-2-26(37)35-14-12-34(13-15-35)18-24-27(19-6-9-23(29)10-7-19)33-25-11-8-21(17-36(24)25)20-4-3-5-22(16-20)28(30,31)32/h3-11,16-17H,2,12-15,18H2,1H3. The van der Waals surface area contributed by atoms with E-state index in [0.29, 0.717) is 61.6 Å². The fraction of sp³-hybridized carbons (Fsp3) is 0.286. The number of amides is 1. The molecule has 0 spiro atoms. The van der Waals surface area contributed by atoms with Gasteiger partial charge in [-0.15, -0.1) is 0 Å². The van der Waals surface area contributed by atoms with Crippen LogP contribution >= 0.6 is 0 Å². The third-order valence-electron chi connectivity index (χ3n) is 6.76. The number of aromatic nitrogens is 2. The summed E-state index contributed by atoms with van der Waals surface area (Å²) in [5, 5.41) is 0. The Bertz CT molecular complexity index is 1420. The highest BCUT2D eigenvalue weighted by atomic mass is 19.4. The van der Waals surface area contributed by atoms with E-state index in [0.717, 1.165) is 23.4 Å². The second kappa shape index (κ2) is 9.97. The molecule has 2 aromatic carbocycles. The monoisotopic (exact) mass is 510 g/mol. The normalized spacial score (nSPS) is 14.9. The van der Waals surface area contributed by atoms with Gasteiger partial charge in [-0.25, -0.2) is 9.37 Å².